The fourth-order valence-corrected chi connectivity index (χ4v) is 1.88. The SMILES string of the molecule is O=C(CCl)N1CCC(CCF)CC1. The predicted octanol–water partition coefficient (Wildman–Crippen LogP) is 1.82. The van der Waals surface area contributed by atoms with Gasteiger partial charge in [-0.15, -0.1) is 11.6 Å². The molecule has 0 aromatic carbocycles. The van der Waals surface area contributed by atoms with Crippen LogP contribution in [0.3, 0.4) is 0 Å². The number of amides is 1. The largest absolute Gasteiger partial charge is 0.342 e. The standard InChI is InChI=1S/C9H15ClFNO/c10-7-9(13)12-5-2-8(1-4-11)3-6-12/h8H,1-7H2. The number of alkyl halides is 2. The van der Waals surface area contributed by atoms with Gasteiger partial charge in [0.2, 0.25) is 5.91 Å². The average molecular weight is 208 g/mol. The minimum Gasteiger partial charge on any atom is -0.342 e. The van der Waals surface area contributed by atoms with Gasteiger partial charge in [0.1, 0.15) is 5.88 Å². The van der Waals surface area contributed by atoms with Crippen molar-refractivity contribution in [3.05, 3.63) is 0 Å². The summed E-state index contributed by atoms with van der Waals surface area (Å²) < 4.78 is 12.0. The highest BCUT2D eigenvalue weighted by Gasteiger charge is 2.21. The lowest BCUT2D eigenvalue weighted by Crippen LogP contribution is -2.39. The van der Waals surface area contributed by atoms with Crippen LogP contribution >= 0.6 is 11.6 Å². The van der Waals surface area contributed by atoms with E-state index in [0.717, 1.165) is 25.9 Å². The summed E-state index contributed by atoms with van der Waals surface area (Å²) in [6.45, 7) is 1.25. The molecule has 1 amide bonds. The molecule has 1 aliphatic rings. The Morgan fingerprint density at radius 2 is 2.08 bits per heavy atom. The van der Waals surface area contributed by atoms with Gasteiger partial charge in [0, 0.05) is 13.1 Å². The molecule has 2 nitrogen and oxygen atoms in total. The van der Waals surface area contributed by atoms with E-state index in [2.05, 4.69) is 0 Å². The van der Waals surface area contributed by atoms with Gasteiger partial charge < -0.3 is 4.90 Å². The fourth-order valence-electron chi connectivity index (χ4n) is 1.71. The summed E-state index contributed by atoms with van der Waals surface area (Å²) in [4.78, 5) is 12.9. The second kappa shape index (κ2) is 5.43. The molecule has 0 aliphatic carbocycles. The molecule has 0 spiro atoms. The van der Waals surface area contributed by atoms with E-state index < -0.39 is 0 Å². The van der Waals surface area contributed by atoms with Gasteiger partial charge in [-0.3, -0.25) is 9.18 Å². The zero-order valence-electron chi connectivity index (χ0n) is 7.64. The normalized spacial score (nSPS) is 19.1. The zero-order valence-corrected chi connectivity index (χ0v) is 8.39. The molecule has 1 rings (SSSR count). The first-order chi connectivity index (χ1) is 6.27. The van der Waals surface area contributed by atoms with E-state index in [1.807, 2.05) is 0 Å². The minimum absolute atomic E-state index is 0.000338. The average Bonchev–Trinajstić information content (AvgIpc) is 2.18. The number of rotatable bonds is 3. The van der Waals surface area contributed by atoms with Gasteiger partial charge in [0.25, 0.3) is 0 Å². The first kappa shape index (κ1) is 10.8. The van der Waals surface area contributed by atoms with E-state index in [-0.39, 0.29) is 18.5 Å². The van der Waals surface area contributed by atoms with E-state index in [4.69, 9.17) is 11.6 Å². The molecular formula is C9H15ClFNO. The lowest BCUT2D eigenvalue weighted by atomic mass is 9.94. The van der Waals surface area contributed by atoms with Crippen molar-refractivity contribution >= 4 is 17.5 Å². The Labute approximate surface area is 83.0 Å². The lowest BCUT2D eigenvalue weighted by Gasteiger charge is -2.31. The van der Waals surface area contributed by atoms with Crippen LogP contribution in [0.4, 0.5) is 4.39 Å². The van der Waals surface area contributed by atoms with Gasteiger partial charge in [-0.1, -0.05) is 0 Å². The maximum Gasteiger partial charge on any atom is 0.237 e. The molecular weight excluding hydrogens is 193 g/mol. The van der Waals surface area contributed by atoms with Crippen LogP contribution in [0.1, 0.15) is 19.3 Å². The van der Waals surface area contributed by atoms with Gasteiger partial charge in [-0.2, -0.15) is 0 Å². The van der Waals surface area contributed by atoms with Crippen LogP contribution in [0.25, 0.3) is 0 Å². The molecule has 0 aromatic heterocycles. The summed E-state index contributed by atoms with van der Waals surface area (Å²) in [5.74, 6) is 0.526. The van der Waals surface area contributed by atoms with Crippen molar-refractivity contribution in [2.75, 3.05) is 25.6 Å². The fraction of sp³-hybridized carbons (Fsp3) is 0.889. The topological polar surface area (TPSA) is 20.3 Å². The Hall–Kier alpha value is -0.310. The first-order valence-corrected chi connectivity index (χ1v) is 5.21. The maximum absolute atomic E-state index is 12.0. The number of likely N-dealkylation sites (tertiary alicyclic amines) is 1. The molecule has 0 bridgehead atoms. The zero-order chi connectivity index (χ0) is 9.68. The van der Waals surface area contributed by atoms with Crippen molar-refractivity contribution in [2.24, 2.45) is 5.92 Å². The maximum atomic E-state index is 12.0. The third kappa shape index (κ3) is 3.14. The molecule has 0 atom stereocenters. The number of nitrogens with zero attached hydrogens (tertiary/aromatic N) is 1. The molecule has 13 heavy (non-hydrogen) atoms. The second-order valence-corrected chi connectivity index (χ2v) is 3.70. The van der Waals surface area contributed by atoms with Gasteiger partial charge in [-0.25, -0.2) is 0 Å². The van der Waals surface area contributed by atoms with E-state index >= 15 is 0 Å². The highest BCUT2D eigenvalue weighted by atomic mass is 35.5. The monoisotopic (exact) mass is 207 g/mol. The summed E-state index contributed by atoms with van der Waals surface area (Å²) in [6, 6.07) is 0. The molecule has 4 heteroatoms. The summed E-state index contributed by atoms with van der Waals surface area (Å²) in [7, 11) is 0. The smallest absolute Gasteiger partial charge is 0.237 e. The molecule has 0 saturated carbocycles. The van der Waals surface area contributed by atoms with Crippen LogP contribution < -0.4 is 0 Å². The highest BCUT2D eigenvalue weighted by molar-refractivity contribution is 6.27. The van der Waals surface area contributed by atoms with E-state index in [0.29, 0.717) is 12.3 Å². The van der Waals surface area contributed by atoms with Crippen molar-refractivity contribution < 1.29 is 9.18 Å². The van der Waals surface area contributed by atoms with E-state index in [9.17, 15) is 9.18 Å². The Balaban J connectivity index is 2.26. The minimum atomic E-state index is -0.242. The number of halogens is 2. The van der Waals surface area contributed by atoms with Crippen LogP contribution in [0.15, 0.2) is 0 Å². The number of piperidine rings is 1. The van der Waals surface area contributed by atoms with Gasteiger partial charge in [0.15, 0.2) is 0 Å². The predicted molar refractivity (Wildman–Crippen MR) is 50.6 cm³/mol. The van der Waals surface area contributed by atoms with Crippen molar-refractivity contribution in [3.8, 4) is 0 Å². The third-order valence-electron chi connectivity index (χ3n) is 2.60. The van der Waals surface area contributed by atoms with Crippen LogP contribution in [-0.2, 0) is 4.79 Å². The molecule has 1 heterocycles. The molecule has 0 N–H and O–H groups in total. The van der Waals surface area contributed by atoms with Gasteiger partial charge in [-0.05, 0) is 25.2 Å². The van der Waals surface area contributed by atoms with Crippen molar-refractivity contribution in [2.45, 2.75) is 19.3 Å². The summed E-state index contributed by atoms with van der Waals surface area (Å²) in [6.07, 6.45) is 2.49. The molecule has 1 saturated heterocycles. The highest BCUT2D eigenvalue weighted by Crippen LogP contribution is 2.20. The van der Waals surface area contributed by atoms with Crippen molar-refractivity contribution in [1.82, 2.24) is 4.90 Å². The number of hydrogen-bond acceptors (Lipinski definition) is 1. The van der Waals surface area contributed by atoms with Crippen molar-refractivity contribution in [3.63, 3.8) is 0 Å². The Bertz CT molecular complexity index is 169. The first-order valence-electron chi connectivity index (χ1n) is 4.67. The molecule has 0 aromatic rings. The number of hydrogen-bond donors (Lipinski definition) is 0. The number of carbonyl (C=O) groups is 1. The van der Waals surface area contributed by atoms with Gasteiger partial charge in [0.05, 0.1) is 6.67 Å². The summed E-state index contributed by atoms with van der Waals surface area (Å²) in [5.41, 5.74) is 0. The summed E-state index contributed by atoms with van der Waals surface area (Å²) >= 11 is 5.43. The molecule has 0 radical (unpaired) electrons. The van der Waals surface area contributed by atoms with Gasteiger partial charge >= 0.3 is 0 Å². The van der Waals surface area contributed by atoms with Crippen LogP contribution in [0, 0.1) is 5.92 Å². The van der Waals surface area contributed by atoms with Crippen molar-refractivity contribution in [1.29, 1.82) is 0 Å². The van der Waals surface area contributed by atoms with Crippen LogP contribution in [-0.4, -0.2) is 36.5 Å². The Kier molecular flexibility index (Phi) is 4.50. The lowest BCUT2D eigenvalue weighted by molar-refractivity contribution is -0.129. The quantitative estimate of drug-likeness (QED) is 0.647. The van der Waals surface area contributed by atoms with E-state index in [1.54, 1.807) is 4.90 Å². The third-order valence-corrected chi connectivity index (χ3v) is 2.83. The van der Waals surface area contributed by atoms with Crippen LogP contribution in [0.2, 0.25) is 0 Å². The van der Waals surface area contributed by atoms with E-state index in [1.165, 1.54) is 0 Å². The molecule has 1 fully saturated rings. The second-order valence-electron chi connectivity index (χ2n) is 3.44. The molecule has 1 aliphatic heterocycles. The van der Waals surface area contributed by atoms with Crippen LogP contribution in [0.5, 0.6) is 0 Å². The molecule has 76 valence electrons. The Morgan fingerprint density at radius 3 is 2.54 bits per heavy atom. The molecule has 0 unspecified atom stereocenters. The Morgan fingerprint density at radius 1 is 1.46 bits per heavy atom. The number of carbonyl (C=O) groups excluding carboxylic acids is 1. The summed E-state index contributed by atoms with van der Waals surface area (Å²) in [5, 5.41) is 0.